The minimum Gasteiger partial charge on any atom is -0.481 e. The number of alkyl halides is 2. The third-order valence-corrected chi connectivity index (χ3v) is 2.02. The van der Waals surface area contributed by atoms with Crippen molar-refractivity contribution in [1.82, 2.24) is 4.98 Å². The Kier molecular flexibility index (Phi) is 3.46. The molecule has 1 rings (SSSR count). The maximum Gasteiger partial charge on any atom is 0.309 e. The Hall–Kier alpha value is -0.940. The third-order valence-electron chi connectivity index (χ3n) is 1.53. The number of rotatable bonds is 3. The molecule has 82 valence electrons. The van der Waals surface area contributed by atoms with Gasteiger partial charge in [-0.25, -0.2) is 0 Å². The normalized spacial score (nSPS) is 11.5. The van der Waals surface area contributed by atoms with Gasteiger partial charge in [0, 0.05) is 6.20 Å². The number of carboxylic acid groups (broad SMARTS) is 1. The molecule has 15 heavy (non-hydrogen) atoms. The lowest BCUT2D eigenvalue weighted by molar-refractivity contribution is -0.145. The predicted molar refractivity (Wildman–Crippen MR) is 50.4 cm³/mol. The Morgan fingerprint density at radius 3 is 2.60 bits per heavy atom. The van der Waals surface area contributed by atoms with Crippen LogP contribution < -0.4 is 0 Å². The average molecular weight is 256 g/mol. The van der Waals surface area contributed by atoms with Crippen molar-refractivity contribution in [2.24, 2.45) is 0 Å². The second-order valence-corrected chi connectivity index (χ2v) is 3.60. The maximum atomic E-state index is 13.2. The molecule has 0 radical (unpaired) electrons. The molecule has 1 N–H and O–H groups in total. The summed E-state index contributed by atoms with van der Waals surface area (Å²) >= 11 is 10.9. The number of nitrogens with zero attached hydrogens (tertiary/aromatic N) is 1. The van der Waals surface area contributed by atoms with Crippen molar-refractivity contribution in [2.75, 3.05) is 0 Å². The zero-order chi connectivity index (χ0) is 11.6. The zero-order valence-electron chi connectivity index (χ0n) is 7.18. The number of aliphatic carboxylic acids is 1. The van der Waals surface area contributed by atoms with Crippen molar-refractivity contribution in [2.45, 2.75) is 12.3 Å². The molecule has 1 heterocycles. The molecule has 0 unspecified atom stereocenters. The van der Waals surface area contributed by atoms with Crippen molar-refractivity contribution in [1.29, 1.82) is 0 Å². The van der Waals surface area contributed by atoms with Gasteiger partial charge < -0.3 is 5.11 Å². The third kappa shape index (κ3) is 3.00. The molecule has 1 aromatic rings. The fourth-order valence-electron chi connectivity index (χ4n) is 0.957. The van der Waals surface area contributed by atoms with E-state index in [-0.39, 0.29) is 10.0 Å². The van der Waals surface area contributed by atoms with Gasteiger partial charge in [0.1, 0.15) is 12.1 Å². The summed E-state index contributed by atoms with van der Waals surface area (Å²) in [6.07, 6.45) is -0.375. The van der Waals surface area contributed by atoms with Crippen molar-refractivity contribution in [3.63, 3.8) is 0 Å². The molecule has 3 nitrogen and oxygen atoms in total. The number of pyridine rings is 1. The van der Waals surface area contributed by atoms with E-state index in [2.05, 4.69) is 4.98 Å². The SMILES string of the molecule is O=C(O)CC(F)(F)c1ncc(Cl)cc1Cl. The van der Waals surface area contributed by atoms with Gasteiger partial charge in [0.25, 0.3) is 0 Å². The monoisotopic (exact) mass is 255 g/mol. The average Bonchev–Trinajstić information content (AvgIpc) is 1.99. The maximum absolute atomic E-state index is 13.2. The van der Waals surface area contributed by atoms with Gasteiger partial charge >= 0.3 is 11.9 Å². The van der Waals surface area contributed by atoms with Gasteiger partial charge in [0.2, 0.25) is 0 Å². The molecule has 0 bridgehead atoms. The number of carboxylic acids is 1. The molecule has 0 atom stereocenters. The Labute approximate surface area is 93.6 Å². The first-order valence-corrected chi connectivity index (χ1v) is 4.49. The van der Waals surface area contributed by atoms with Crippen LogP contribution in [0, 0.1) is 0 Å². The van der Waals surface area contributed by atoms with E-state index >= 15 is 0 Å². The van der Waals surface area contributed by atoms with E-state index in [0.29, 0.717) is 0 Å². The highest BCUT2D eigenvalue weighted by Crippen LogP contribution is 2.35. The highest BCUT2D eigenvalue weighted by molar-refractivity contribution is 6.34. The quantitative estimate of drug-likeness (QED) is 0.904. The Balaban J connectivity index is 3.09. The van der Waals surface area contributed by atoms with Crippen LogP contribution >= 0.6 is 23.2 Å². The summed E-state index contributed by atoms with van der Waals surface area (Å²) in [4.78, 5) is 13.5. The van der Waals surface area contributed by atoms with E-state index in [9.17, 15) is 13.6 Å². The summed E-state index contributed by atoms with van der Waals surface area (Å²) in [6, 6.07) is 1.08. The minimum atomic E-state index is -3.60. The lowest BCUT2D eigenvalue weighted by Crippen LogP contribution is -2.20. The van der Waals surface area contributed by atoms with Crippen LogP contribution in [-0.4, -0.2) is 16.1 Å². The zero-order valence-corrected chi connectivity index (χ0v) is 8.69. The second-order valence-electron chi connectivity index (χ2n) is 2.76. The highest BCUT2D eigenvalue weighted by atomic mass is 35.5. The topological polar surface area (TPSA) is 50.2 Å². The largest absolute Gasteiger partial charge is 0.481 e. The fourth-order valence-corrected chi connectivity index (χ4v) is 1.48. The van der Waals surface area contributed by atoms with E-state index < -0.39 is 24.0 Å². The molecule has 0 spiro atoms. The molecule has 0 aromatic carbocycles. The summed E-state index contributed by atoms with van der Waals surface area (Å²) in [5.74, 6) is -5.24. The van der Waals surface area contributed by atoms with E-state index in [0.717, 1.165) is 12.3 Å². The van der Waals surface area contributed by atoms with Crippen molar-refractivity contribution >= 4 is 29.2 Å². The fraction of sp³-hybridized carbons (Fsp3) is 0.250. The molecule has 0 aliphatic heterocycles. The summed E-state index contributed by atoms with van der Waals surface area (Å²) in [6.45, 7) is 0. The Morgan fingerprint density at radius 2 is 2.13 bits per heavy atom. The predicted octanol–water partition coefficient (Wildman–Crippen LogP) is 2.95. The van der Waals surface area contributed by atoms with Crippen molar-refractivity contribution < 1.29 is 18.7 Å². The number of aromatic nitrogens is 1. The van der Waals surface area contributed by atoms with Crippen LogP contribution in [0.2, 0.25) is 10.0 Å². The van der Waals surface area contributed by atoms with Crippen LogP contribution in [0.15, 0.2) is 12.3 Å². The number of hydrogen-bond donors (Lipinski definition) is 1. The molecule has 0 amide bonds. The first kappa shape index (κ1) is 12.1. The summed E-state index contributed by atoms with van der Waals surface area (Å²) in [7, 11) is 0. The standard InChI is InChI=1S/C8H5Cl2F2NO2/c9-4-1-5(10)7(13-3-4)8(11,12)2-6(14)15/h1,3H,2H2,(H,14,15). The van der Waals surface area contributed by atoms with Gasteiger partial charge in [-0.15, -0.1) is 0 Å². The van der Waals surface area contributed by atoms with Crippen molar-refractivity contribution in [3.8, 4) is 0 Å². The summed E-state index contributed by atoms with van der Waals surface area (Å²) in [5.41, 5.74) is -0.782. The van der Waals surface area contributed by atoms with Crippen molar-refractivity contribution in [3.05, 3.63) is 28.0 Å². The first-order valence-electron chi connectivity index (χ1n) is 3.74. The van der Waals surface area contributed by atoms with E-state index in [1.807, 2.05) is 0 Å². The van der Waals surface area contributed by atoms with E-state index in [1.165, 1.54) is 0 Å². The van der Waals surface area contributed by atoms with Crippen LogP contribution in [0.3, 0.4) is 0 Å². The van der Waals surface area contributed by atoms with Crippen LogP contribution in [0.4, 0.5) is 8.78 Å². The van der Waals surface area contributed by atoms with Crippen LogP contribution in [0.1, 0.15) is 12.1 Å². The molecule has 0 saturated heterocycles. The van der Waals surface area contributed by atoms with Gasteiger partial charge in [-0.1, -0.05) is 23.2 Å². The molecule has 7 heteroatoms. The first-order chi connectivity index (χ1) is 6.83. The lowest BCUT2D eigenvalue weighted by Gasteiger charge is -2.14. The molecule has 0 fully saturated rings. The molecular formula is C8H5Cl2F2NO2. The molecule has 0 saturated carbocycles. The highest BCUT2D eigenvalue weighted by Gasteiger charge is 2.38. The van der Waals surface area contributed by atoms with E-state index in [4.69, 9.17) is 28.3 Å². The van der Waals surface area contributed by atoms with Gasteiger partial charge in [-0.3, -0.25) is 9.78 Å². The van der Waals surface area contributed by atoms with Crippen LogP contribution in [0.5, 0.6) is 0 Å². The molecule has 0 aliphatic carbocycles. The Bertz CT molecular complexity index is 398. The smallest absolute Gasteiger partial charge is 0.309 e. The van der Waals surface area contributed by atoms with Gasteiger partial charge in [0.05, 0.1) is 10.0 Å². The number of halogens is 4. The summed E-state index contributed by atoms with van der Waals surface area (Å²) < 4.78 is 26.5. The van der Waals surface area contributed by atoms with Crippen LogP contribution in [-0.2, 0) is 10.7 Å². The Morgan fingerprint density at radius 1 is 1.53 bits per heavy atom. The second kappa shape index (κ2) is 4.28. The van der Waals surface area contributed by atoms with Gasteiger partial charge in [-0.2, -0.15) is 8.78 Å². The number of hydrogen-bond acceptors (Lipinski definition) is 2. The summed E-state index contributed by atoms with van der Waals surface area (Å²) in [5, 5.41) is 8.03. The number of carbonyl (C=O) groups is 1. The van der Waals surface area contributed by atoms with Gasteiger partial charge in [-0.05, 0) is 6.07 Å². The molecular weight excluding hydrogens is 251 g/mol. The molecule has 1 aromatic heterocycles. The lowest BCUT2D eigenvalue weighted by atomic mass is 10.1. The van der Waals surface area contributed by atoms with Crippen LogP contribution in [0.25, 0.3) is 0 Å². The van der Waals surface area contributed by atoms with E-state index in [1.54, 1.807) is 0 Å². The minimum absolute atomic E-state index is 0.106. The molecule has 0 aliphatic rings. The van der Waals surface area contributed by atoms with Gasteiger partial charge in [0.15, 0.2) is 0 Å².